The van der Waals surface area contributed by atoms with E-state index in [0.717, 1.165) is 41.1 Å². The van der Waals surface area contributed by atoms with Gasteiger partial charge in [0, 0.05) is 29.6 Å². The van der Waals surface area contributed by atoms with Crippen LogP contribution in [0.4, 0.5) is 11.4 Å². The number of ether oxygens (including phenoxy) is 2. The van der Waals surface area contributed by atoms with Gasteiger partial charge in [-0.05, 0) is 54.2 Å². The molecule has 2 saturated heterocycles. The van der Waals surface area contributed by atoms with Crippen LogP contribution in [0.3, 0.4) is 0 Å². The molecule has 0 aromatic heterocycles. The molecule has 1 N–H and O–H groups in total. The summed E-state index contributed by atoms with van der Waals surface area (Å²) in [4.78, 5) is 32.1. The smallest absolute Gasteiger partial charge is 0.268 e. The molecule has 3 aromatic rings. The van der Waals surface area contributed by atoms with Crippen LogP contribution in [0.25, 0.3) is 0 Å². The molecule has 7 nitrogen and oxygen atoms in total. The Bertz CT molecular complexity index is 1460. The first-order valence-electron chi connectivity index (χ1n) is 15.0. The number of carbonyl (C=O) groups is 2. The molecule has 42 heavy (non-hydrogen) atoms. The van der Waals surface area contributed by atoms with E-state index in [9.17, 15) is 14.7 Å². The average molecular weight is 569 g/mol. The number of aliphatic hydroxyl groups is 1. The number of amides is 2. The van der Waals surface area contributed by atoms with Crippen LogP contribution >= 0.6 is 0 Å². The molecule has 2 fully saturated rings. The van der Waals surface area contributed by atoms with Crippen molar-refractivity contribution in [3.63, 3.8) is 0 Å². The highest BCUT2D eigenvalue weighted by Crippen LogP contribution is 2.60. The minimum Gasteiger partial charge on any atom is -0.497 e. The summed E-state index contributed by atoms with van der Waals surface area (Å²) >= 11 is 0. The van der Waals surface area contributed by atoms with E-state index in [1.807, 2.05) is 66.7 Å². The fourth-order valence-electron chi connectivity index (χ4n) is 7.87. The fraction of sp³-hybridized carbons (Fsp3) is 0.429. The number of anilines is 2. The third-order valence-corrected chi connectivity index (χ3v) is 9.95. The Morgan fingerprint density at radius 1 is 1.05 bits per heavy atom. The minimum absolute atomic E-state index is 0.0324. The van der Waals surface area contributed by atoms with Gasteiger partial charge in [0.2, 0.25) is 5.91 Å². The highest BCUT2D eigenvalue weighted by atomic mass is 16.5. The number of fused-ring (bicyclic) bond motifs is 2. The zero-order valence-electron chi connectivity index (χ0n) is 24.8. The molecule has 2 amide bonds. The second-order valence-electron chi connectivity index (χ2n) is 12.4. The Balaban J connectivity index is 1.45. The number of nitrogens with zero attached hydrogens (tertiary/aromatic N) is 2. The molecule has 220 valence electrons. The van der Waals surface area contributed by atoms with Gasteiger partial charge < -0.3 is 19.5 Å². The first-order chi connectivity index (χ1) is 20.2. The number of likely N-dealkylation sites (tertiary alicyclic amines) is 1. The molecular weight excluding hydrogens is 528 g/mol. The highest BCUT2D eigenvalue weighted by Gasteiger charge is 2.66. The molecule has 3 aromatic carbocycles. The summed E-state index contributed by atoms with van der Waals surface area (Å²) in [6.07, 6.45) is 1.30. The van der Waals surface area contributed by atoms with E-state index < -0.39 is 17.1 Å². The van der Waals surface area contributed by atoms with E-state index in [0.29, 0.717) is 6.54 Å². The van der Waals surface area contributed by atoms with E-state index >= 15 is 0 Å². The second-order valence-corrected chi connectivity index (χ2v) is 12.4. The van der Waals surface area contributed by atoms with E-state index in [4.69, 9.17) is 9.47 Å². The van der Waals surface area contributed by atoms with Crippen molar-refractivity contribution in [2.45, 2.75) is 63.2 Å². The summed E-state index contributed by atoms with van der Waals surface area (Å²) < 4.78 is 12.5. The lowest BCUT2D eigenvalue weighted by molar-refractivity contribution is -0.149. The van der Waals surface area contributed by atoms with Gasteiger partial charge in [0.1, 0.15) is 5.75 Å². The lowest BCUT2D eigenvalue weighted by Crippen LogP contribution is -2.45. The molecule has 3 aliphatic rings. The van der Waals surface area contributed by atoms with Gasteiger partial charge in [-0.2, -0.15) is 0 Å². The molecule has 3 heterocycles. The molecule has 0 radical (unpaired) electrons. The van der Waals surface area contributed by atoms with Gasteiger partial charge in [-0.3, -0.25) is 14.5 Å². The third-order valence-electron chi connectivity index (χ3n) is 9.95. The lowest BCUT2D eigenvalue weighted by Gasteiger charge is -2.39. The summed E-state index contributed by atoms with van der Waals surface area (Å²) in [5, 5.41) is 9.92. The topological polar surface area (TPSA) is 79.3 Å². The van der Waals surface area contributed by atoms with Gasteiger partial charge in [-0.25, -0.2) is 0 Å². The monoisotopic (exact) mass is 568 g/mol. The van der Waals surface area contributed by atoms with Crippen molar-refractivity contribution in [3.05, 3.63) is 90.0 Å². The molecular formula is C35H40N2O5. The van der Waals surface area contributed by atoms with Gasteiger partial charge in [-0.15, -0.1) is 0 Å². The van der Waals surface area contributed by atoms with Crippen LogP contribution in [0.15, 0.2) is 78.9 Å². The van der Waals surface area contributed by atoms with Gasteiger partial charge >= 0.3 is 0 Å². The summed E-state index contributed by atoms with van der Waals surface area (Å²) in [5.41, 5.74) is 1.84. The minimum atomic E-state index is -1.24. The van der Waals surface area contributed by atoms with Crippen LogP contribution in [-0.2, 0) is 25.3 Å². The van der Waals surface area contributed by atoms with Gasteiger partial charge in [0.05, 0.1) is 38.0 Å². The standard InChI is InChI=1S/C35H40N2O5/c1-23-32(34(2,3)24-16-18-27(41-4)19-17-24)30(21-31(39)36-20-10-13-26(36)22-38)42-35(23)28-14-8-9-15-29(28)37(33(35)40)25-11-6-5-7-12-25/h5-9,11-12,14-19,23,26,30,32,38H,10,13,20-22H2,1-4H3/t23-,26-,30+,32-,35+/m0/s1. The molecule has 6 rings (SSSR count). The molecule has 0 aliphatic carbocycles. The first kappa shape index (κ1) is 28.4. The zero-order chi connectivity index (χ0) is 29.6. The van der Waals surface area contributed by atoms with Crippen LogP contribution in [0.5, 0.6) is 5.75 Å². The van der Waals surface area contributed by atoms with Crippen molar-refractivity contribution < 1.29 is 24.2 Å². The van der Waals surface area contributed by atoms with Crippen LogP contribution in [0.1, 0.15) is 51.2 Å². The van der Waals surface area contributed by atoms with Crippen molar-refractivity contribution in [1.82, 2.24) is 4.90 Å². The van der Waals surface area contributed by atoms with E-state index in [1.54, 1.807) is 16.9 Å². The Hall–Kier alpha value is -3.68. The fourth-order valence-corrected chi connectivity index (χ4v) is 7.87. The van der Waals surface area contributed by atoms with E-state index in [1.165, 1.54) is 0 Å². The molecule has 7 heteroatoms. The quantitative estimate of drug-likeness (QED) is 0.403. The Labute approximate surface area is 248 Å². The van der Waals surface area contributed by atoms with Crippen molar-refractivity contribution in [2.24, 2.45) is 11.8 Å². The number of aliphatic hydroxyl groups excluding tert-OH is 1. The zero-order valence-corrected chi connectivity index (χ0v) is 24.8. The molecule has 0 saturated carbocycles. The first-order valence-corrected chi connectivity index (χ1v) is 15.0. The van der Waals surface area contributed by atoms with Crippen molar-refractivity contribution in [3.8, 4) is 5.75 Å². The maximum Gasteiger partial charge on any atom is 0.268 e. The van der Waals surface area contributed by atoms with Crippen LogP contribution in [0.2, 0.25) is 0 Å². The number of benzene rings is 3. The maximum absolute atomic E-state index is 14.7. The Kier molecular flexibility index (Phi) is 7.36. The van der Waals surface area contributed by atoms with Crippen molar-refractivity contribution in [2.75, 3.05) is 25.2 Å². The summed E-state index contributed by atoms with van der Waals surface area (Å²) in [6, 6.07) is 25.4. The normalized spacial score (nSPS) is 27.1. The van der Waals surface area contributed by atoms with E-state index in [-0.39, 0.29) is 42.7 Å². The Morgan fingerprint density at radius 2 is 1.74 bits per heavy atom. The molecule has 1 spiro atoms. The predicted octanol–water partition coefficient (Wildman–Crippen LogP) is 5.57. The molecule has 0 unspecified atom stereocenters. The predicted molar refractivity (Wildman–Crippen MR) is 162 cm³/mol. The summed E-state index contributed by atoms with van der Waals surface area (Å²) in [5.74, 6) is 0.202. The number of hydrogen-bond acceptors (Lipinski definition) is 5. The number of hydrogen-bond donors (Lipinski definition) is 1. The summed E-state index contributed by atoms with van der Waals surface area (Å²) in [7, 11) is 1.65. The van der Waals surface area contributed by atoms with Crippen LogP contribution < -0.4 is 9.64 Å². The maximum atomic E-state index is 14.7. The number of carbonyl (C=O) groups excluding carboxylic acids is 2. The average Bonchev–Trinajstić information content (AvgIpc) is 3.67. The van der Waals surface area contributed by atoms with Gasteiger partial charge in [-0.1, -0.05) is 69.3 Å². The van der Waals surface area contributed by atoms with Crippen molar-refractivity contribution in [1.29, 1.82) is 0 Å². The van der Waals surface area contributed by atoms with Crippen LogP contribution in [-0.4, -0.2) is 54.2 Å². The molecule has 0 bridgehead atoms. The highest BCUT2D eigenvalue weighted by molar-refractivity contribution is 6.12. The summed E-state index contributed by atoms with van der Waals surface area (Å²) in [6.45, 7) is 7.06. The third kappa shape index (κ3) is 4.33. The Morgan fingerprint density at radius 3 is 2.43 bits per heavy atom. The van der Waals surface area contributed by atoms with Gasteiger partial charge in [0.15, 0.2) is 5.60 Å². The SMILES string of the molecule is COc1ccc(C(C)(C)[C@@H]2[C@@H](CC(=O)N3CCC[C@H]3CO)O[C@]3(C(=O)N(c4ccccc4)c4ccccc43)[C@H]2C)cc1. The van der Waals surface area contributed by atoms with E-state index in [2.05, 4.69) is 32.9 Å². The van der Waals surface area contributed by atoms with Crippen molar-refractivity contribution >= 4 is 23.2 Å². The number of para-hydroxylation sites is 2. The number of rotatable bonds is 7. The second kappa shape index (κ2) is 10.9. The largest absolute Gasteiger partial charge is 0.497 e. The lowest BCUT2D eigenvalue weighted by atomic mass is 9.63. The van der Waals surface area contributed by atoms with Crippen LogP contribution in [0, 0.1) is 11.8 Å². The molecule has 5 atom stereocenters. The molecule has 3 aliphatic heterocycles. The van der Waals surface area contributed by atoms with Gasteiger partial charge in [0.25, 0.3) is 5.91 Å². The number of methoxy groups -OCH3 is 1.